The van der Waals surface area contributed by atoms with Crippen molar-refractivity contribution in [1.82, 2.24) is 5.32 Å². The number of aryl methyl sites for hydroxylation is 2. The van der Waals surface area contributed by atoms with Crippen LogP contribution in [-0.2, 0) is 20.2 Å². The standard InChI is InChI=1S/C30H36N2O6S/c1-20-7-9-24(17-21(20)2)37-16-15-31-29(33)28-19-32(39(34,35)25-12-10-23(36-6)11-13-25)26-18-22(30(3,4)5)8-14-27(26)38-28/h7-14,17-18,28H,15-16,19H2,1-6H3,(H,31,33)/t28-/m0/s1. The Morgan fingerprint density at radius 3 is 2.33 bits per heavy atom. The summed E-state index contributed by atoms with van der Waals surface area (Å²) >= 11 is 0. The van der Waals surface area contributed by atoms with Crippen molar-refractivity contribution >= 4 is 21.6 Å². The van der Waals surface area contributed by atoms with Gasteiger partial charge in [0, 0.05) is 0 Å². The van der Waals surface area contributed by atoms with E-state index in [1.54, 1.807) is 18.2 Å². The molecule has 0 fully saturated rings. The summed E-state index contributed by atoms with van der Waals surface area (Å²) in [6.45, 7) is 10.5. The largest absolute Gasteiger partial charge is 0.497 e. The van der Waals surface area contributed by atoms with E-state index in [0.29, 0.717) is 17.2 Å². The van der Waals surface area contributed by atoms with Crippen molar-refractivity contribution in [1.29, 1.82) is 0 Å². The van der Waals surface area contributed by atoms with Crippen LogP contribution < -0.4 is 23.8 Å². The van der Waals surface area contributed by atoms with Crippen LogP contribution in [0.2, 0.25) is 0 Å². The van der Waals surface area contributed by atoms with Gasteiger partial charge in [-0.2, -0.15) is 0 Å². The number of methoxy groups -OCH3 is 1. The number of benzene rings is 3. The van der Waals surface area contributed by atoms with E-state index in [2.05, 4.69) is 26.1 Å². The molecule has 208 valence electrons. The lowest BCUT2D eigenvalue weighted by Crippen LogP contribution is -2.51. The maximum absolute atomic E-state index is 13.8. The number of carbonyl (C=O) groups excluding carboxylic acids is 1. The first kappa shape index (κ1) is 28.3. The number of fused-ring (bicyclic) bond motifs is 1. The zero-order valence-electron chi connectivity index (χ0n) is 23.3. The van der Waals surface area contributed by atoms with E-state index in [0.717, 1.165) is 16.9 Å². The van der Waals surface area contributed by atoms with Gasteiger partial charge in [-0.1, -0.05) is 32.9 Å². The molecule has 0 bridgehead atoms. The summed E-state index contributed by atoms with van der Waals surface area (Å²) < 4.78 is 45.9. The highest BCUT2D eigenvalue weighted by atomic mass is 32.2. The zero-order valence-corrected chi connectivity index (χ0v) is 24.1. The number of ether oxygens (including phenoxy) is 3. The molecular weight excluding hydrogens is 516 g/mol. The molecule has 0 saturated carbocycles. The number of nitrogens with zero attached hydrogens (tertiary/aromatic N) is 1. The predicted molar refractivity (Wildman–Crippen MR) is 152 cm³/mol. The van der Waals surface area contributed by atoms with Crippen molar-refractivity contribution in [2.75, 3.05) is 31.1 Å². The van der Waals surface area contributed by atoms with Crippen molar-refractivity contribution in [2.24, 2.45) is 0 Å². The van der Waals surface area contributed by atoms with E-state index in [9.17, 15) is 13.2 Å². The second-order valence-corrected chi connectivity index (χ2v) is 12.5. The number of hydrogen-bond donors (Lipinski definition) is 1. The van der Waals surface area contributed by atoms with Gasteiger partial charge in [0.25, 0.3) is 15.9 Å². The van der Waals surface area contributed by atoms with Crippen LogP contribution in [0.1, 0.15) is 37.5 Å². The second-order valence-electron chi connectivity index (χ2n) is 10.6. The summed E-state index contributed by atoms with van der Waals surface area (Å²) in [5.74, 6) is 1.19. The molecule has 0 aliphatic carbocycles. The van der Waals surface area contributed by atoms with Crippen molar-refractivity contribution in [3.8, 4) is 17.2 Å². The average Bonchev–Trinajstić information content (AvgIpc) is 2.91. The van der Waals surface area contributed by atoms with Crippen LogP contribution in [0.5, 0.6) is 17.2 Å². The van der Waals surface area contributed by atoms with E-state index in [-0.39, 0.29) is 30.0 Å². The van der Waals surface area contributed by atoms with Gasteiger partial charge in [-0.05, 0) is 84.5 Å². The summed E-state index contributed by atoms with van der Waals surface area (Å²) in [5, 5.41) is 2.81. The Labute approximate surface area is 230 Å². The molecule has 1 heterocycles. The fraction of sp³-hybridized carbons (Fsp3) is 0.367. The maximum atomic E-state index is 13.8. The zero-order chi connectivity index (χ0) is 28.4. The van der Waals surface area contributed by atoms with Gasteiger partial charge >= 0.3 is 0 Å². The summed E-state index contributed by atoms with van der Waals surface area (Å²) in [6, 6.07) is 17.5. The van der Waals surface area contributed by atoms with Crippen LogP contribution >= 0.6 is 0 Å². The monoisotopic (exact) mass is 552 g/mol. The Hall–Kier alpha value is -3.72. The molecule has 9 heteroatoms. The second kappa shape index (κ2) is 11.2. The first-order valence-electron chi connectivity index (χ1n) is 12.9. The smallest absolute Gasteiger partial charge is 0.264 e. The molecule has 1 N–H and O–H groups in total. The van der Waals surface area contributed by atoms with Crippen LogP contribution in [0.3, 0.4) is 0 Å². The SMILES string of the molecule is COc1ccc(S(=O)(=O)N2C[C@@H](C(=O)NCCOc3ccc(C)c(C)c3)Oc3ccc(C(C)(C)C)cc32)cc1. The number of amides is 1. The quantitative estimate of drug-likeness (QED) is 0.405. The van der Waals surface area contributed by atoms with E-state index in [1.165, 1.54) is 29.1 Å². The number of hydrogen-bond acceptors (Lipinski definition) is 6. The number of sulfonamides is 1. The number of nitrogens with one attached hydrogen (secondary N) is 1. The number of carbonyl (C=O) groups is 1. The third-order valence-corrected chi connectivity index (χ3v) is 8.58. The summed E-state index contributed by atoms with van der Waals surface area (Å²) in [7, 11) is -2.49. The van der Waals surface area contributed by atoms with Crippen LogP contribution in [0.4, 0.5) is 5.69 Å². The van der Waals surface area contributed by atoms with Crippen molar-refractivity contribution < 1.29 is 27.4 Å². The van der Waals surface area contributed by atoms with Crippen molar-refractivity contribution in [3.63, 3.8) is 0 Å². The maximum Gasteiger partial charge on any atom is 0.264 e. The molecule has 1 aliphatic rings. The molecule has 3 aromatic carbocycles. The Morgan fingerprint density at radius 2 is 1.69 bits per heavy atom. The van der Waals surface area contributed by atoms with Crippen molar-refractivity contribution in [2.45, 2.75) is 51.0 Å². The lowest BCUT2D eigenvalue weighted by molar-refractivity contribution is -0.127. The minimum Gasteiger partial charge on any atom is -0.497 e. The molecule has 0 spiro atoms. The molecule has 39 heavy (non-hydrogen) atoms. The highest BCUT2D eigenvalue weighted by Gasteiger charge is 2.38. The fourth-order valence-corrected chi connectivity index (χ4v) is 5.69. The van der Waals surface area contributed by atoms with Gasteiger partial charge in [0.2, 0.25) is 0 Å². The van der Waals surface area contributed by atoms with Crippen LogP contribution in [0.15, 0.2) is 65.6 Å². The van der Waals surface area contributed by atoms with E-state index in [4.69, 9.17) is 14.2 Å². The minimum absolute atomic E-state index is 0.0956. The van der Waals surface area contributed by atoms with Gasteiger partial charge in [-0.3, -0.25) is 9.10 Å². The van der Waals surface area contributed by atoms with E-state index >= 15 is 0 Å². The Bertz CT molecular complexity index is 1450. The summed E-state index contributed by atoms with van der Waals surface area (Å²) in [4.78, 5) is 13.2. The Kier molecular flexibility index (Phi) is 8.11. The van der Waals surface area contributed by atoms with Gasteiger partial charge in [0.15, 0.2) is 6.10 Å². The van der Waals surface area contributed by atoms with Crippen LogP contribution in [0, 0.1) is 13.8 Å². The Morgan fingerprint density at radius 1 is 1.00 bits per heavy atom. The van der Waals surface area contributed by atoms with Gasteiger partial charge in [-0.25, -0.2) is 8.42 Å². The third kappa shape index (κ3) is 6.30. The van der Waals surface area contributed by atoms with E-state index < -0.39 is 22.0 Å². The van der Waals surface area contributed by atoms with Gasteiger partial charge in [0.1, 0.15) is 23.9 Å². The lowest BCUT2D eigenvalue weighted by Gasteiger charge is -2.36. The minimum atomic E-state index is -4.00. The molecule has 1 atom stereocenters. The fourth-order valence-electron chi connectivity index (χ4n) is 4.22. The predicted octanol–water partition coefficient (Wildman–Crippen LogP) is 4.76. The first-order chi connectivity index (χ1) is 18.4. The highest BCUT2D eigenvalue weighted by molar-refractivity contribution is 7.92. The van der Waals surface area contributed by atoms with Gasteiger partial charge in [-0.15, -0.1) is 0 Å². The number of rotatable bonds is 8. The van der Waals surface area contributed by atoms with Crippen LogP contribution in [0.25, 0.3) is 0 Å². The topological polar surface area (TPSA) is 94.2 Å². The molecule has 0 radical (unpaired) electrons. The van der Waals surface area contributed by atoms with Crippen molar-refractivity contribution in [3.05, 3.63) is 77.4 Å². The summed E-state index contributed by atoms with van der Waals surface area (Å²) in [6.07, 6.45) is -1.03. The Balaban J connectivity index is 1.55. The van der Waals surface area contributed by atoms with Gasteiger partial charge < -0.3 is 19.5 Å². The number of anilines is 1. The molecule has 1 aliphatic heterocycles. The molecule has 0 saturated heterocycles. The van der Waals surface area contributed by atoms with Crippen LogP contribution in [-0.4, -0.2) is 47.2 Å². The molecule has 0 aromatic heterocycles. The molecular formula is C30H36N2O6S. The molecule has 8 nitrogen and oxygen atoms in total. The molecule has 1 amide bonds. The molecule has 0 unspecified atom stereocenters. The van der Waals surface area contributed by atoms with Gasteiger partial charge in [0.05, 0.1) is 30.8 Å². The molecule has 4 rings (SSSR count). The summed E-state index contributed by atoms with van der Waals surface area (Å²) in [5.41, 5.74) is 3.44. The first-order valence-corrected chi connectivity index (χ1v) is 14.3. The highest BCUT2D eigenvalue weighted by Crippen LogP contribution is 2.40. The lowest BCUT2D eigenvalue weighted by atomic mass is 9.86. The normalized spacial score (nSPS) is 15.2. The van der Waals surface area contributed by atoms with E-state index in [1.807, 2.05) is 44.2 Å². The average molecular weight is 553 g/mol. The molecule has 3 aromatic rings. The third-order valence-electron chi connectivity index (χ3n) is 6.78.